The maximum atomic E-state index is 10.6. The van der Waals surface area contributed by atoms with Gasteiger partial charge in [-0.15, -0.1) is 0 Å². The van der Waals surface area contributed by atoms with Gasteiger partial charge in [-0.05, 0) is 137 Å². The highest BCUT2D eigenvalue weighted by Crippen LogP contribution is 2.48. The van der Waals surface area contributed by atoms with Gasteiger partial charge in [0.15, 0.2) is 0 Å². The molecule has 0 spiro atoms. The van der Waals surface area contributed by atoms with Crippen LogP contribution < -0.4 is 42.6 Å². The second-order valence-electron chi connectivity index (χ2n) is 16.6. The van der Waals surface area contributed by atoms with Crippen LogP contribution in [-0.4, -0.2) is 13.4 Å². The van der Waals surface area contributed by atoms with E-state index in [4.69, 9.17) is 0 Å². The van der Waals surface area contributed by atoms with Crippen molar-refractivity contribution in [3.63, 3.8) is 0 Å². The molecule has 4 heterocycles. The Balaban J connectivity index is 1.12. The SMILES string of the molecule is N#Cc1cc2c3c(c1)N(c1ccccc1)c1ccccc1B3c1cc3ccc4c5c(cc6ccc-2c1c6c35)B1c2ccccc2N(c2ccccc2)c2cc(C#N)cc-4c21. The largest absolute Gasteiger partial charge is 0.311 e. The Morgan fingerprint density at radius 1 is 0.350 bits per heavy atom. The fourth-order valence-corrected chi connectivity index (χ4v) is 11.6. The molecule has 4 nitrogen and oxygen atoms in total. The molecule has 0 atom stereocenters. The molecule has 10 aromatic carbocycles. The van der Waals surface area contributed by atoms with Gasteiger partial charge in [0.05, 0.1) is 23.3 Å². The Bertz CT molecular complexity index is 3420. The maximum Gasteiger partial charge on any atom is 0.248 e. The first kappa shape index (κ1) is 32.0. The molecule has 0 fully saturated rings. The molecule has 0 amide bonds. The Kier molecular flexibility index (Phi) is 6.03. The van der Waals surface area contributed by atoms with Crippen LogP contribution in [0.25, 0.3) is 54.6 Å². The van der Waals surface area contributed by atoms with E-state index in [-0.39, 0.29) is 13.4 Å². The number of para-hydroxylation sites is 4. The fourth-order valence-electron chi connectivity index (χ4n) is 11.6. The van der Waals surface area contributed by atoms with E-state index in [0.29, 0.717) is 11.1 Å². The maximum absolute atomic E-state index is 10.6. The number of benzene rings is 10. The van der Waals surface area contributed by atoms with Gasteiger partial charge in [-0.25, -0.2) is 0 Å². The van der Waals surface area contributed by atoms with Crippen LogP contribution in [0.15, 0.2) is 170 Å². The molecule has 0 N–H and O–H groups in total. The van der Waals surface area contributed by atoms with E-state index < -0.39 is 0 Å². The molecule has 60 heavy (non-hydrogen) atoms. The molecule has 4 aliphatic rings. The summed E-state index contributed by atoms with van der Waals surface area (Å²) in [5, 5.41) is 28.6. The summed E-state index contributed by atoms with van der Waals surface area (Å²) in [7, 11) is 0. The van der Waals surface area contributed by atoms with Gasteiger partial charge in [0.1, 0.15) is 0 Å². The average Bonchev–Trinajstić information content (AvgIpc) is 3.31. The van der Waals surface area contributed by atoms with Crippen molar-refractivity contribution in [2.45, 2.75) is 0 Å². The van der Waals surface area contributed by atoms with Crippen molar-refractivity contribution in [3.05, 3.63) is 181 Å². The summed E-state index contributed by atoms with van der Waals surface area (Å²) in [6.45, 7) is -0.0498. The third-order valence-corrected chi connectivity index (χ3v) is 13.8. The number of nitrogens with zero attached hydrogens (tertiary/aromatic N) is 4. The highest BCUT2D eigenvalue weighted by atomic mass is 15.2. The molecule has 14 rings (SSSR count). The molecule has 0 aliphatic carbocycles. The first-order valence-electron chi connectivity index (χ1n) is 20.5. The summed E-state index contributed by atoms with van der Waals surface area (Å²) in [5.74, 6) is 0. The number of hydrogen-bond acceptors (Lipinski definition) is 4. The summed E-state index contributed by atoms with van der Waals surface area (Å²) in [4.78, 5) is 4.69. The quantitative estimate of drug-likeness (QED) is 0.131. The van der Waals surface area contributed by atoms with Crippen molar-refractivity contribution in [2.24, 2.45) is 0 Å². The Labute approximate surface area is 346 Å². The molecule has 270 valence electrons. The fraction of sp³-hybridized carbons (Fsp3) is 0. The number of anilines is 6. The van der Waals surface area contributed by atoms with E-state index in [9.17, 15) is 10.5 Å². The van der Waals surface area contributed by atoms with Gasteiger partial charge in [-0.2, -0.15) is 10.5 Å². The molecule has 0 unspecified atom stereocenters. The van der Waals surface area contributed by atoms with Crippen LogP contribution in [0.5, 0.6) is 0 Å². The summed E-state index contributed by atoms with van der Waals surface area (Å²) in [6.07, 6.45) is 0. The van der Waals surface area contributed by atoms with Crippen LogP contribution in [0, 0.1) is 22.7 Å². The van der Waals surface area contributed by atoms with Gasteiger partial charge in [0, 0.05) is 34.1 Å². The van der Waals surface area contributed by atoms with Gasteiger partial charge in [-0.1, -0.05) is 120 Å². The standard InChI is InChI=1S/C54H28B2N4/c57-29-31-23-39-37-21-19-34-28-44-52-38(40-24-32(30-58)26-48-54(40)56(44)42-16-8-10-18-46(42)60(48)36-13-5-2-6-14-36)22-20-33-27-43(51(37)49(34)50(33)52)55-41-15-7-9-17-45(41)59(47(25-31)53(39)55)35-11-3-1-4-12-35/h1-28H. The first-order chi connectivity index (χ1) is 29.7. The normalized spacial score (nSPS) is 13.5. The third-order valence-electron chi connectivity index (χ3n) is 13.8. The minimum Gasteiger partial charge on any atom is -0.311 e. The molecule has 4 aliphatic heterocycles. The number of hydrogen-bond donors (Lipinski definition) is 0. The minimum atomic E-state index is -0.0249. The lowest BCUT2D eigenvalue weighted by atomic mass is 9.31. The number of fused-ring (bicyclic) bond motifs is 8. The third kappa shape index (κ3) is 3.87. The van der Waals surface area contributed by atoms with Gasteiger partial charge in [0.25, 0.3) is 0 Å². The molecule has 0 aromatic heterocycles. The second kappa shape index (κ2) is 11.3. The first-order valence-corrected chi connectivity index (χ1v) is 20.5. The van der Waals surface area contributed by atoms with Crippen LogP contribution in [-0.2, 0) is 0 Å². The lowest BCUT2D eigenvalue weighted by molar-refractivity contribution is 1.29. The summed E-state index contributed by atoms with van der Waals surface area (Å²) < 4.78 is 0. The molecule has 0 radical (unpaired) electrons. The smallest absolute Gasteiger partial charge is 0.248 e. The average molecular weight is 754 g/mol. The van der Waals surface area contributed by atoms with Crippen LogP contribution in [0.1, 0.15) is 11.1 Å². The van der Waals surface area contributed by atoms with Crippen LogP contribution >= 0.6 is 0 Å². The van der Waals surface area contributed by atoms with Crippen molar-refractivity contribution < 1.29 is 0 Å². The van der Waals surface area contributed by atoms with Gasteiger partial charge in [0.2, 0.25) is 13.4 Å². The molecular weight excluding hydrogens is 726 g/mol. The van der Waals surface area contributed by atoms with Crippen molar-refractivity contribution in [3.8, 4) is 34.4 Å². The Morgan fingerprint density at radius 2 is 0.767 bits per heavy atom. The highest BCUT2D eigenvalue weighted by Gasteiger charge is 2.45. The van der Waals surface area contributed by atoms with Gasteiger partial charge in [-0.3, -0.25) is 0 Å². The van der Waals surface area contributed by atoms with Crippen LogP contribution in [0.3, 0.4) is 0 Å². The van der Waals surface area contributed by atoms with E-state index in [1.54, 1.807) is 0 Å². The predicted octanol–water partition coefficient (Wildman–Crippen LogP) is 8.89. The van der Waals surface area contributed by atoms with E-state index in [0.717, 1.165) is 45.3 Å². The monoisotopic (exact) mass is 754 g/mol. The van der Waals surface area contributed by atoms with Gasteiger partial charge >= 0.3 is 0 Å². The Hall–Kier alpha value is -8.05. The van der Waals surface area contributed by atoms with Crippen LogP contribution in [0.2, 0.25) is 0 Å². The summed E-state index contributed by atoms with van der Waals surface area (Å²) in [5.41, 5.74) is 20.0. The summed E-state index contributed by atoms with van der Waals surface area (Å²) >= 11 is 0. The van der Waals surface area contributed by atoms with Gasteiger partial charge < -0.3 is 9.80 Å². The molecule has 0 saturated heterocycles. The van der Waals surface area contributed by atoms with E-state index in [2.05, 4.69) is 192 Å². The lowest BCUT2D eigenvalue weighted by Crippen LogP contribution is -2.60. The molecule has 0 bridgehead atoms. The zero-order valence-corrected chi connectivity index (χ0v) is 32.1. The summed E-state index contributed by atoms with van der Waals surface area (Å²) in [6, 6.07) is 66.4. The van der Waals surface area contributed by atoms with Crippen LogP contribution in [0.4, 0.5) is 34.1 Å². The molecule has 0 saturated carbocycles. The predicted molar refractivity (Wildman–Crippen MR) is 249 cm³/mol. The molecule has 10 aromatic rings. The number of nitriles is 2. The van der Waals surface area contributed by atoms with Crippen molar-refractivity contribution >= 4 is 113 Å². The molecule has 6 heteroatoms. The number of rotatable bonds is 2. The topological polar surface area (TPSA) is 54.1 Å². The van der Waals surface area contributed by atoms with E-state index >= 15 is 0 Å². The van der Waals surface area contributed by atoms with E-state index in [1.165, 1.54) is 76.2 Å². The highest BCUT2D eigenvalue weighted by molar-refractivity contribution is 7.02. The van der Waals surface area contributed by atoms with Crippen molar-refractivity contribution in [2.75, 3.05) is 9.80 Å². The Morgan fingerprint density at radius 3 is 1.20 bits per heavy atom. The minimum absolute atomic E-state index is 0.0249. The van der Waals surface area contributed by atoms with Crippen molar-refractivity contribution in [1.29, 1.82) is 10.5 Å². The lowest BCUT2D eigenvalue weighted by Gasteiger charge is -2.42. The van der Waals surface area contributed by atoms with E-state index in [1.807, 2.05) is 0 Å². The zero-order valence-electron chi connectivity index (χ0n) is 32.1. The second-order valence-corrected chi connectivity index (χ2v) is 16.6. The van der Waals surface area contributed by atoms with Crippen molar-refractivity contribution in [1.82, 2.24) is 0 Å². The molecular formula is C54H28B2N4. The zero-order chi connectivity index (χ0) is 39.4.